The molecule has 4 rings (SSSR count). The average molecular weight is 263 g/mol. The Labute approximate surface area is 110 Å². The SMILES string of the molecule is O=C(Nc1nc(C2CC2)cs1)C1CC2CCC1N2. The first-order valence-corrected chi connectivity index (χ1v) is 7.70. The zero-order chi connectivity index (χ0) is 12.1. The fourth-order valence-corrected chi connectivity index (χ4v) is 4.02. The molecule has 0 spiro atoms. The van der Waals surface area contributed by atoms with Crippen LogP contribution in [0.15, 0.2) is 5.38 Å². The van der Waals surface area contributed by atoms with Crippen LogP contribution in [0.3, 0.4) is 0 Å². The lowest BCUT2D eigenvalue weighted by Crippen LogP contribution is -2.32. The number of rotatable bonds is 3. The fourth-order valence-electron chi connectivity index (χ4n) is 3.22. The summed E-state index contributed by atoms with van der Waals surface area (Å²) in [4.78, 5) is 16.7. The molecular formula is C13H17N3OS. The number of hydrogen-bond donors (Lipinski definition) is 2. The zero-order valence-electron chi connectivity index (χ0n) is 10.2. The molecule has 18 heavy (non-hydrogen) atoms. The van der Waals surface area contributed by atoms with E-state index in [0.29, 0.717) is 18.0 Å². The summed E-state index contributed by atoms with van der Waals surface area (Å²) in [7, 11) is 0. The van der Waals surface area contributed by atoms with E-state index in [1.165, 1.54) is 25.0 Å². The molecule has 2 bridgehead atoms. The second kappa shape index (κ2) is 4.03. The minimum Gasteiger partial charge on any atom is -0.310 e. The third-order valence-corrected chi connectivity index (χ3v) is 5.16. The molecule has 4 nitrogen and oxygen atoms in total. The highest BCUT2D eigenvalue weighted by Crippen LogP contribution is 2.41. The van der Waals surface area contributed by atoms with Crippen LogP contribution in [0.2, 0.25) is 0 Å². The standard InChI is InChI=1S/C13H17N3OS/c17-12(9-5-8-3-4-10(9)14-8)16-13-15-11(6-18-13)7-1-2-7/h6-10,14H,1-5H2,(H,15,16,17). The first-order valence-electron chi connectivity index (χ1n) is 6.82. The molecule has 3 unspecified atom stereocenters. The second-order valence-electron chi connectivity index (χ2n) is 5.73. The summed E-state index contributed by atoms with van der Waals surface area (Å²) in [6, 6.07) is 0.974. The van der Waals surface area contributed by atoms with Crippen molar-refractivity contribution in [2.45, 2.75) is 50.1 Å². The highest BCUT2D eigenvalue weighted by Gasteiger charge is 2.42. The molecule has 3 atom stereocenters. The molecule has 1 amide bonds. The number of hydrogen-bond acceptors (Lipinski definition) is 4. The molecular weight excluding hydrogens is 246 g/mol. The summed E-state index contributed by atoms with van der Waals surface area (Å²) in [5, 5.41) is 9.37. The smallest absolute Gasteiger partial charge is 0.230 e. The van der Waals surface area contributed by atoms with Crippen molar-refractivity contribution in [3.8, 4) is 0 Å². The van der Waals surface area contributed by atoms with E-state index >= 15 is 0 Å². The van der Waals surface area contributed by atoms with Crippen molar-refractivity contribution in [3.63, 3.8) is 0 Å². The fraction of sp³-hybridized carbons (Fsp3) is 0.692. The van der Waals surface area contributed by atoms with Crippen LogP contribution in [0, 0.1) is 5.92 Å². The van der Waals surface area contributed by atoms with E-state index in [0.717, 1.165) is 18.0 Å². The van der Waals surface area contributed by atoms with E-state index in [4.69, 9.17) is 0 Å². The molecule has 1 aromatic heterocycles. The lowest BCUT2D eigenvalue weighted by molar-refractivity contribution is -0.120. The molecule has 0 aromatic carbocycles. The van der Waals surface area contributed by atoms with Crippen LogP contribution in [-0.2, 0) is 4.79 Å². The third kappa shape index (κ3) is 1.86. The van der Waals surface area contributed by atoms with Crippen LogP contribution in [0.1, 0.15) is 43.7 Å². The topological polar surface area (TPSA) is 54.0 Å². The summed E-state index contributed by atoms with van der Waals surface area (Å²) in [6.07, 6.45) is 5.89. The summed E-state index contributed by atoms with van der Waals surface area (Å²) in [5.74, 6) is 0.972. The predicted molar refractivity (Wildman–Crippen MR) is 70.8 cm³/mol. The normalized spacial score (nSPS) is 33.9. The third-order valence-electron chi connectivity index (χ3n) is 4.38. The number of anilines is 1. The van der Waals surface area contributed by atoms with Crippen molar-refractivity contribution < 1.29 is 4.79 Å². The van der Waals surface area contributed by atoms with Crippen molar-refractivity contribution in [3.05, 3.63) is 11.1 Å². The second-order valence-corrected chi connectivity index (χ2v) is 6.59. The van der Waals surface area contributed by atoms with Gasteiger partial charge in [-0.2, -0.15) is 0 Å². The van der Waals surface area contributed by atoms with Gasteiger partial charge in [-0.1, -0.05) is 0 Å². The largest absolute Gasteiger partial charge is 0.310 e. The number of aromatic nitrogens is 1. The summed E-state index contributed by atoms with van der Waals surface area (Å²) in [6.45, 7) is 0. The summed E-state index contributed by atoms with van der Waals surface area (Å²) < 4.78 is 0. The summed E-state index contributed by atoms with van der Waals surface area (Å²) in [5.41, 5.74) is 1.17. The van der Waals surface area contributed by atoms with Crippen molar-refractivity contribution in [1.82, 2.24) is 10.3 Å². The molecule has 1 aliphatic carbocycles. The number of carbonyl (C=O) groups is 1. The summed E-state index contributed by atoms with van der Waals surface area (Å²) >= 11 is 1.56. The minimum absolute atomic E-state index is 0.150. The Hall–Kier alpha value is -0.940. The van der Waals surface area contributed by atoms with E-state index in [1.807, 2.05) is 0 Å². The van der Waals surface area contributed by atoms with Crippen molar-refractivity contribution in [2.75, 3.05) is 5.32 Å². The van der Waals surface area contributed by atoms with Crippen molar-refractivity contribution in [1.29, 1.82) is 0 Å². The van der Waals surface area contributed by atoms with Gasteiger partial charge in [0.2, 0.25) is 5.91 Å². The van der Waals surface area contributed by atoms with Gasteiger partial charge in [0.05, 0.1) is 11.6 Å². The van der Waals surface area contributed by atoms with Gasteiger partial charge < -0.3 is 10.6 Å². The maximum atomic E-state index is 12.2. The predicted octanol–water partition coefficient (Wildman–Crippen LogP) is 2.10. The van der Waals surface area contributed by atoms with E-state index < -0.39 is 0 Å². The molecule has 3 heterocycles. The quantitative estimate of drug-likeness (QED) is 0.878. The molecule has 2 saturated heterocycles. The lowest BCUT2D eigenvalue weighted by atomic mass is 9.88. The van der Waals surface area contributed by atoms with Gasteiger partial charge in [-0.25, -0.2) is 4.98 Å². The van der Waals surface area contributed by atoms with Gasteiger partial charge in [-0.05, 0) is 32.1 Å². The molecule has 3 aliphatic rings. The Morgan fingerprint density at radius 2 is 2.28 bits per heavy atom. The molecule has 0 radical (unpaired) electrons. The molecule has 1 saturated carbocycles. The van der Waals surface area contributed by atoms with Crippen LogP contribution in [0.5, 0.6) is 0 Å². The molecule has 3 fully saturated rings. The Balaban J connectivity index is 1.42. The number of nitrogens with zero attached hydrogens (tertiary/aromatic N) is 1. The maximum absolute atomic E-state index is 12.2. The minimum atomic E-state index is 0.150. The van der Waals surface area contributed by atoms with Crippen molar-refractivity contribution in [2.24, 2.45) is 5.92 Å². The van der Waals surface area contributed by atoms with Gasteiger partial charge in [0, 0.05) is 23.4 Å². The molecule has 5 heteroatoms. The molecule has 2 N–H and O–H groups in total. The Morgan fingerprint density at radius 1 is 1.39 bits per heavy atom. The van der Waals surface area contributed by atoms with E-state index in [-0.39, 0.29) is 11.8 Å². The number of fused-ring (bicyclic) bond motifs is 2. The van der Waals surface area contributed by atoms with E-state index in [2.05, 4.69) is 21.0 Å². The van der Waals surface area contributed by atoms with Crippen LogP contribution in [0.4, 0.5) is 5.13 Å². The van der Waals surface area contributed by atoms with Gasteiger partial charge in [0.15, 0.2) is 5.13 Å². The zero-order valence-corrected chi connectivity index (χ0v) is 11.0. The number of carbonyl (C=O) groups excluding carboxylic acids is 1. The lowest BCUT2D eigenvalue weighted by Gasteiger charge is -2.18. The maximum Gasteiger partial charge on any atom is 0.230 e. The van der Waals surface area contributed by atoms with Crippen LogP contribution in [-0.4, -0.2) is 23.0 Å². The molecule has 96 valence electrons. The van der Waals surface area contributed by atoms with Gasteiger partial charge in [0.1, 0.15) is 0 Å². The van der Waals surface area contributed by atoms with Gasteiger partial charge >= 0.3 is 0 Å². The number of amides is 1. The van der Waals surface area contributed by atoms with Crippen LogP contribution < -0.4 is 10.6 Å². The van der Waals surface area contributed by atoms with Gasteiger partial charge in [0.25, 0.3) is 0 Å². The Morgan fingerprint density at radius 3 is 2.94 bits per heavy atom. The number of nitrogens with one attached hydrogen (secondary N) is 2. The molecule has 2 aliphatic heterocycles. The van der Waals surface area contributed by atoms with Gasteiger partial charge in [-0.15, -0.1) is 11.3 Å². The van der Waals surface area contributed by atoms with E-state index in [1.54, 1.807) is 11.3 Å². The Bertz CT molecular complexity index is 482. The van der Waals surface area contributed by atoms with Gasteiger partial charge in [-0.3, -0.25) is 4.79 Å². The molecule has 1 aromatic rings. The first-order chi connectivity index (χ1) is 8.79. The van der Waals surface area contributed by atoms with Crippen LogP contribution >= 0.6 is 11.3 Å². The van der Waals surface area contributed by atoms with Crippen LogP contribution in [0.25, 0.3) is 0 Å². The average Bonchev–Trinajstić information content (AvgIpc) is 2.82. The monoisotopic (exact) mass is 263 g/mol. The Kier molecular flexibility index (Phi) is 2.45. The van der Waals surface area contributed by atoms with Crippen molar-refractivity contribution >= 4 is 22.4 Å². The first kappa shape index (κ1) is 10.9. The highest BCUT2D eigenvalue weighted by atomic mass is 32.1. The number of thiazole rings is 1. The highest BCUT2D eigenvalue weighted by molar-refractivity contribution is 7.13. The van der Waals surface area contributed by atoms with E-state index in [9.17, 15) is 4.79 Å².